The van der Waals surface area contributed by atoms with Crippen molar-refractivity contribution in [3.63, 3.8) is 0 Å². The highest BCUT2D eigenvalue weighted by molar-refractivity contribution is 7.98. The van der Waals surface area contributed by atoms with Crippen molar-refractivity contribution in [1.82, 2.24) is 9.55 Å². The van der Waals surface area contributed by atoms with Crippen LogP contribution < -0.4 is 20.3 Å². The number of nitrogens with zero attached hydrogens (tertiary/aromatic N) is 2. The first-order valence-electron chi connectivity index (χ1n) is 11.0. The lowest BCUT2D eigenvalue weighted by molar-refractivity contribution is -0.116. The molecule has 1 amide bonds. The molecule has 3 aromatic rings. The highest BCUT2D eigenvalue weighted by atomic mass is 32.2. The van der Waals surface area contributed by atoms with Gasteiger partial charge >= 0.3 is 0 Å². The summed E-state index contributed by atoms with van der Waals surface area (Å²) in [4.78, 5) is 30.0. The van der Waals surface area contributed by atoms with E-state index < -0.39 is 11.5 Å². The predicted molar refractivity (Wildman–Crippen MR) is 129 cm³/mol. The van der Waals surface area contributed by atoms with Crippen LogP contribution in [0.15, 0.2) is 52.4 Å². The number of hydrogen-bond acceptors (Lipinski definition) is 6. The van der Waals surface area contributed by atoms with Crippen LogP contribution in [0.4, 0.5) is 10.2 Å². The molecule has 1 N–H and O–H groups in total. The Kier molecular flexibility index (Phi) is 7.21. The van der Waals surface area contributed by atoms with Crippen molar-refractivity contribution in [3.8, 4) is 11.5 Å². The van der Waals surface area contributed by atoms with Crippen LogP contribution in [0.25, 0.3) is 0 Å². The highest BCUT2D eigenvalue weighted by Crippen LogP contribution is 2.39. The van der Waals surface area contributed by atoms with Crippen LogP contribution >= 0.6 is 11.8 Å². The van der Waals surface area contributed by atoms with Crippen molar-refractivity contribution < 1.29 is 18.7 Å². The smallest absolute Gasteiger partial charge is 0.279 e. The molecule has 0 spiro atoms. The zero-order valence-electron chi connectivity index (χ0n) is 19.3. The number of nitrogens with one attached hydrogen (secondary N) is 1. The molecule has 1 aliphatic rings. The Balaban J connectivity index is 1.70. The first kappa shape index (κ1) is 23.8. The van der Waals surface area contributed by atoms with E-state index in [2.05, 4.69) is 10.3 Å². The number of benzene rings is 2. The fourth-order valence-corrected chi connectivity index (χ4v) is 4.89. The zero-order valence-corrected chi connectivity index (χ0v) is 20.1. The second-order valence-corrected chi connectivity index (χ2v) is 8.91. The monoisotopic (exact) mass is 483 g/mol. The summed E-state index contributed by atoms with van der Waals surface area (Å²) in [5.74, 6) is 0.872. The van der Waals surface area contributed by atoms with Crippen molar-refractivity contribution in [3.05, 3.63) is 75.3 Å². The van der Waals surface area contributed by atoms with Crippen LogP contribution in [0.1, 0.15) is 42.4 Å². The van der Waals surface area contributed by atoms with Crippen LogP contribution in [0.2, 0.25) is 0 Å². The third-order valence-electron chi connectivity index (χ3n) is 5.67. The SMILES string of the molecule is CCCOc1ccc([C@@H]2CC(=O)Nc3c2c(=O)nc(SCc2ccccc2F)n3C)cc1OC. The molecular weight excluding hydrogens is 457 g/mol. The molecule has 0 radical (unpaired) electrons. The number of ether oxygens (including phenoxy) is 2. The van der Waals surface area contributed by atoms with Gasteiger partial charge in [0.05, 0.1) is 19.3 Å². The molecule has 1 aliphatic heterocycles. The first-order chi connectivity index (χ1) is 16.4. The molecule has 2 aromatic carbocycles. The maximum Gasteiger partial charge on any atom is 0.279 e. The van der Waals surface area contributed by atoms with Gasteiger partial charge in [-0.3, -0.25) is 9.59 Å². The van der Waals surface area contributed by atoms with Gasteiger partial charge < -0.3 is 19.4 Å². The van der Waals surface area contributed by atoms with Crippen molar-refractivity contribution in [2.45, 2.75) is 36.6 Å². The van der Waals surface area contributed by atoms with Gasteiger partial charge in [0, 0.05) is 25.1 Å². The standard InChI is InChI=1S/C25H26FN3O4S/c1-4-11-33-19-10-9-15(12-20(19)32-3)17-13-21(30)27-23-22(17)24(31)28-25(29(23)2)34-14-16-7-5-6-8-18(16)26/h5-10,12,17H,4,11,13-14H2,1-3H3,(H,27,30)/t17-/m0/s1. The normalized spacial score (nSPS) is 14.9. The lowest BCUT2D eigenvalue weighted by Crippen LogP contribution is -2.33. The average Bonchev–Trinajstić information content (AvgIpc) is 2.84. The number of carbonyl (C=O) groups is 1. The van der Waals surface area contributed by atoms with Gasteiger partial charge in [-0.15, -0.1) is 0 Å². The van der Waals surface area contributed by atoms with Crippen LogP contribution in [0.5, 0.6) is 11.5 Å². The summed E-state index contributed by atoms with van der Waals surface area (Å²) in [5, 5.41) is 3.22. The quantitative estimate of drug-likeness (QED) is 0.376. The molecule has 1 aromatic heterocycles. The van der Waals surface area contributed by atoms with Crippen molar-refractivity contribution in [2.24, 2.45) is 7.05 Å². The van der Waals surface area contributed by atoms with E-state index in [1.54, 1.807) is 49.1 Å². The third kappa shape index (κ3) is 4.79. The van der Waals surface area contributed by atoms with E-state index in [0.717, 1.165) is 12.0 Å². The maximum atomic E-state index is 14.0. The number of halogens is 1. The summed E-state index contributed by atoms with van der Waals surface area (Å²) in [5.41, 5.74) is 1.28. The lowest BCUT2D eigenvalue weighted by atomic mass is 9.86. The molecule has 0 unspecified atom stereocenters. The zero-order chi connectivity index (χ0) is 24.2. The molecule has 0 saturated heterocycles. The summed E-state index contributed by atoms with van der Waals surface area (Å²) < 4.78 is 26.9. The number of thioether (sulfide) groups is 1. The first-order valence-corrected chi connectivity index (χ1v) is 12.0. The van der Waals surface area contributed by atoms with E-state index in [4.69, 9.17) is 9.47 Å². The van der Waals surface area contributed by atoms with Gasteiger partial charge in [-0.25, -0.2) is 4.39 Å². The van der Waals surface area contributed by atoms with Crippen molar-refractivity contribution >= 4 is 23.5 Å². The van der Waals surface area contributed by atoms with Crippen LogP contribution in [-0.4, -0.2) is 29.2 Å². The van der Waals surface area contributed by atoms with Gasteiger partial charge in [0.15, 0.2) is 16.7 Å². The lowest BCUT2D eigenvalue weighted by Gasteiger charge is -2.28. The summed E-state index contributed by atoms with van der Waals surface area (Å²) in [7, 11) is 3.29. The van der Waals surface area contributed by atoms with Gasteiger partial charge in [-0.05, 0) is 35.7 Å². The number of carbonyl (C=O) groups excluding carboxylic acids is 1. The summed E-state index contributed by atoms with van der Waals surface area (Å²) in [6, 6.07) is 11.9. The molecule has 0 bridgehead atoms. The molecule has 0 saturated carbocycles. The Labute approximate surface area is 201 Å². The van der Waals surface area contributed by atoms with Crippen LogP contribution in [-0.2, 0) is 17.6 Å². The molecule has 0 aliphatic carbocycles. The second-order valence-electron chi connectivity index (χ2n) is 7.96. The molecule has 0 fully saturated rings. The van der Waals surface area contributed by atoms with Gasteiger partial charge in [-0.2, -0.15) is 4.98 Å². The van der Waals surface area contributed by atoms with Crippen molar-refractivity contribution in [1.29, 1.82) is 0 Å². The predicted octanol–water partition coefficient (Wildman–Crippen LogP) is 4.48. The Morgan fingerprint density at radius 2 is 2.00 bits per heavy atom. The molecule has 2 heterocycles. The fourth-order valence-electron chi connectivity index (χ4n) is 3.94. The largest absolute Gasteiger partial charge is 0.493 e. The second kappa shape index (κ2) is 10.3. The average molecular weight is 484 g/mol. The summed E-state index contributed by atoms with van der Waals surface area (Å²) >= 11 is 1.24. The maximum absolute atomic E-state index is 14.0. The summed E-state index contributed by atoms with van der Waals surface area (Å²) in [6.07, 6.45) is 0.976. The van der Waals surface area contributed by atoms with Crippen LogP contribution in [0, 0.1) is 5.82 Å². The molecule has 4 rings (SSSR count). The third-order valence-corrected chi connectivity index (χ3v) is 6.75. The van der Waals surface area contributed by atoms with E-state index in [1.165, 1.54) is 17.8 Å². The van der Waals surface area contributed by atoms with E-state index in [9.17, 15) is 14.0 Å². The number of anilines is 1. The Bertz CT molecular complexity index is 1280. The Morgan fingerprint density at radius 3 is 2.74 bits per heavy atom. The number of hydrogen-bond donors (Lipinski definition) is 1. The number of rotatable bonds is 8. The van der Waals surface area contributed by atoms with Crippen molar-refractivity contribution in [2.75, 3.05) is 19.0 Å². The van der Waals surface area contributed by atoms with E-state index in [0.29, 0.717) is 46.0 Å². The number of fused-ring (bicyclic) bond motifs is 1. The molecule has 7 nitrogen and oxygen atoms in total. The highest BCUT2D eigenvalue weighted by Gasteiger charge is 2.32. The van der Waals surface area contributed by atoms with Gasteiger partial charge in [-0.1, -0.05) is 43.0 Å². The molecule has 1 atom stereocenters. The summed E-state index contributed by atoms with van der Waals surface area (Å²) in [6.45, 7) is 2.58. The van der Waals surface area contributed by atoms with Gasteiger partial charge in [0.1, 0.15) is 11.6 Å². The minimum Gasteiger partial charge on any atom is -0.493 e. The Hall–Kier alpha value is -3.33. The molecule has 9 heteroatoms. The topological polar surface area (TPSA) is 82.5 Å². The Morgan fingerprint density at radius 1 is 1.21 bits per heavy atom. The van der Waals surface area contributed by atoms with E-state index in [1.807, 2.05) is 13.0 Å². The molecular formula is C25H26FN3O4S. The van der Waals surface area contributed by atoms with Crippen LogP contribution in [0.3, 0.4) is 0 Å². The van der Waals surface area contributed by atoms with Gasteiger partial charge in [0.2, 0.25) is 5.91 Å². The molecule has 178 valence electrons. The fraction of sp³-hybridized carbons (Fsp3) is 0.320. The minimum atomic E-state index is -0.477. The number of methoxy groups -OCH3 is 1. The number of amides is 1. The van der Waals surface area contributed by atoms with E-state index in [-0.39, 0.29) is 18.1 Å². The van der Waals surface area contributed by atoms with Gasteiger partial charge in [0.25, 0.3) is 5.56 Å². The number of aromatic nitrogens is 2. The molecule has 34 heavy (non-hydrogen) atoms. The minimum absolute atomic E-state index is 0.115. The van der Waals surface area contributed by atoms with E-state index >= 15 is 0 Å².